The van der Waals surface area contributed by atoms with Gasteiger partial charge in [-0.25, -0.2) is 0 Å². The second-order valence-corrected chi connectivity index (χ2v) is 7.69. The minimum Gasteiger partial charge on any atom is -0.135 e. The van der Waals surface area contributed by atoms with Crippen molar-refractivity contribution >= 4 is 42.3 Å². The number of rotatable bonds is 0. The molecule has 24 heavy (non-hydrogen) atoms. The van der Waals surface area contributed by atoms with Gasteiger partial charge >= 0.3 is 0 Å². The van der Waals surface area contributed by atoms with E-state index in [2.05, 4.69) is 72.8 Å². The Morgan fingerprint density at radius 1 is 0.625 bits per heavy atom. The van der Waals surface area contributed by atoms with Crippen LogP contribution in [0.3, 0.4) is 0 Å². The third kappa shape index (κ3) is 1.58. The predicted molar refractivity (Wildman–Crippen MR) is 105 cm³/mol. The topological polar surface area (TPSA) is 0 Å². The van der Waals surface area contributed by atoms with Crippen LogP contribution in [-0.2, 0) is 6.42 Å². The first kappa shape index (κ1) is 12.7. The fourth-order valence-electron chi connectivity index (χ4n) is 4.18. The van der Waals surface area contributed by atoms with Gasteiger partial charge in [0.05, 0.1) is 0 Å². The van der Waals surface area contributed by atoms with Gasteiger partial charge in [0.2, 0.25) is 0 Å². The summed E-state index contributed by atoms with van der Waals surface area (Å²) in [6.07, 6.45) is 1.05. The molecule has 0 fully saturated rings. The minimum atomic E-state index is 1.05. The molecular weight excluding hydrogens is 308 g/mol. The summed E-state index contributed by atoms with van der Waals surface area (Å²) in [4.78, 5) is 0. The van der Waals surface area contributed by atoms with Crippen molar-refractivity contribution in [2.75, 3.05) is 0 Å². The highest BCUT2D eigenvalue weighted by Gasteiger charge is 2.22. The van der Waals surface area contributed by atoms with Gasteiger partial charge in [-0.1, -0.05) is 54.6 Å². The van der Waals surface area contributed by atoms with E-state index in [-0.39, 0.29) is 0 Å². The fourth-order valence-corrected chi connectivity index (χ4v) is 5.31. The average molecular weight is 322 g/mol. The molecule has 0 spiro atoms. The molecule has 5 aromatic rings. The van der Waals surface area contributed by atoms with Gasteiger partial charge in [0, 0.05) is 20.2 Å². The molecule has 0 atom stereocenters. The summed E-state index contributed by atoms with van der Waals surface area (Å²) in [6, 6.07) is 26.9. The molecule has 0 aliphatic heterocycles. The summed E-state index contributed by atoms with van der Waals surface area (Å²) in [6.45, 7) is 0. The van der Waals surface area contributed by atoms with Crippen LogP contribution in [0.5, 0.6) is 0 Å². The number of hydrogen-bond acceptors (Lipinski definition) is 1. The van der Waals surface area contributed by atoms with Crippen LogP contribution in [0.2, 0.25) is 0 Å². The molecule has 0 nitrogen and oxygen atoms in total. The Labute approximate surface area is 144 Å². The molecule has 4 aromatic carbocycles. The molecule has 0 N–H and O–H groups in total. The van der Waals surface area contributed by atoms with Crippen LogP contribution in [0, 0.1) is 0 Å². The molecule has 1 heterocycles. The normalized spacial score (nSPS) is 12.8. The van der Waals surface area contributed by atoms with E-state index in [0.717, 1.165) is 6.42 Å². The van der Waals surface area contributed by atoms with Crippen LogP contribution in [-0.4, -0.2) is 0 Å². The first-order chi connectivity index (χ1) is 11.9. The maximum absolute atomic E-state index is 2.43. The molecule has 0 bridgehead atoms. The number of fused-ring (bicyclic) bond motifs is 8. The molecule has 1 heteroatoms. The molecule has 0 amide bonds. The summed E-state index contributed by atoms with van der Waals surface area (Å²) in [5, 5.41) is 5.52. The van der Waals surface area contributed by atoms with Crippen LogP contribution in [0.1, 0.15) is 11.1 Å². The molecule has 1 aliphatic carbocycles. The molecule has 0 radical (unpaired) electrons. The quantitative estimate of drug-likeness (QED) is 0.289. The van der Waals surface area contributed by atoms with Gasteiger partial charge in [-0.2, -0.15) is 0 Å². The van der Waals surface area contributed by atoms with E-state index in [0.29, 0.717) is 0 Å². The lowest BCUT2D eigenvalue weighted by Gasteiger charge is -2.06. The van der Waals surface area contributed by atoms with Crippen molar-refractivity contribution in [3.05, 3.63) is 83.9 Å². The monoisotopic (exact) mass is 322 g/mol. The second kappa shape index (κ2) is 4.46. The lowest BCUT2D eigenvalue weighted by Crippen LogP contribution is -1.81. The summed E-state index contributed by atoms with van der Waals surface area (Å²) < 4.78 is 2.78. The molecule has 112 valence electrons. The van der Waals surface area contributed by atoms with E-state index in [1.807, 2.05) is 11.3 Å². The van der Waals surface area contributed by atoms with E-state index in [9.17, 15) is 0 Å². The van der Waals surface area contributed by atoms with Gasteiger partial charge in [-0.15, -0.1) is 11.3 Å². The van der Waals surface area contributed by atoms with Crippen LogP contribution in [0.4, 0.5) is 0 Å². The van der Waals surface area contributed by atoms with Crippen LogP contribution >= 0.6 is 11.3 Å². The molecule has 0 saturated carbocycles. The minimum absolute atomic E-state index is 1.05. The summed E-state index contributed by atoms with van der Waals surface area (Å²) in [5.74, 6) is 0. The van der Waals surface area contributed by atoms with Crippen molar-refractivity contribution in [3.63, 3.8) is 0 Å². The molecule has 0 unspecified atom stereocenters. The fraction of sp³-hybridized carbons (Fsp3) is 0.0435. The Bertz CT molecular complexity index is 1270. The zero-order valence-corrected chi connectivity index (χ0v) is 13.9. The van der Waals surface area contributed by atoms with Crippen molar-refractivity contribution in [2.45, 2.75) is 6.42 Å². The zero-order chi connectivity index (χ0) is 15.7. The molecular formula is C23H14S. The van der Waals surface area contributed by atoms with E-state index < -0.39 is 0 Å². The van der Waals surface area contributed by atoms with Crippen molar-refractivity contribution in [2.24, 2.45) is 0 Å². The Balaban J connectivity index is 1.74. The van der Waals surface area contributed by atoms with Gasteiger partial charge in [-0.05, 0) is 57.6 Å². The van der Waals surface area contributed by atoms with Gasteiger partial charge < -0.3 is 0 Å². The predicted octanol–water partition coefficient (Wildman–Crippen LogP) is 6.78. The number of benzene rings is 4. The first-order valence-electron chi connectivity index (χ1n) is 8.34. The lowest BCUT2D eigenvalue weighted by atomic mass is 9.97. The van der Waals surface area contributed by atoms with Crippen LogP contribution < -0.4 is 0 Å². The smallest absolute Gasteiger partial charge is 0.0361 e. The molecule has 0 saturated heterocycles. The van der Waals surface area contributed by atoms with Gasteiger partial charge in [0.1, 0.15) is 0 Å². The van der Waals surface area contributed by atoms with E-state index in [1.165, 1.54) is 53.2 Å². The Morgan fingerprint density at radius 2 is 1.46 bits per heavy atom. The first-order valence-corrected chi connectivity index (χ1v) is 9.15. The van der Waals surface area contributed by atoms with Crippen molar-refractivity contribution in [3.8, 4) is 11.1 Å². The highest BCUT2D eigenvalue weighted by Crippen LogP contribution is 2.45. The van der Waals surface area contributed by atoms with Crippen molar-refractivity contribution in [1.82, 2.24) is 0 Å². The highest BCUT2D eigenvalue weighted by molar-refractivity contribution is 7.25. The lowest BCUT2D eigenvalue weighted by molar-refractivity contribution is 1.27. The third-order valence-electron chi connectivity index (χ3n) is 5.27. The molecule has 1 aliphatic rings. The Morgan fingerprint density at radius 3 is 2.42 bits per heavy atom. The van der Waals surface area contributed by atoms with E-state index in [1.54, 1.807) is 0 Å². The van der Waals surface area contributed by atoms with Crippen molar-refractivity contribution < 1.29 is 0 Å². The molecule has 6 rings (SSSR count). The molecule has 1 aromatic heterocycles. The van der Waals surface area contributed by atoms with Crippen LogP contribution in [0.15, 0.2) is 72.8 Å². The maximum Gasteiger partial charge on any atom is 0.0361 e. The van der Waals surface area contributed by atoms with Gasteiger partial charge in [-0.3, -0.25) is 0 Å². The standard InChI is InChI=1S/C23H14S/c1-2-6-17-14(5-1)9-10-15-11-16-12-20-18-7-3-4-8-21(18)24-22(20)13-19(16)23(15)17/h1-10,12-13H,11H2. The van der Waals surface area contributed by atoms with Gasteiger partial charge in [0.25, 0.3) is 0 Å². The SMILES string of the molecule is c1ccc2c3c(ccc2c1)Cc1cc2c(cc1-3)sc1ccccc12. The van der Waals surface area contributed by atoms with E-state index in [4.69, 9.17) is 0 Å². The number of hydrogen-bond donors (Lipinski definition) is 0. The van der Waals surface area contributed by atoms with E-state index >= 15 is 0 Å². The van der Waals surface area contributed by atoms with Crippen LogP contribution in [0.25, 0.3) is 42.1 Å². The number of thiophene rings is 1. The van der Waals surface area contributed by atoms with Crippen molar-refractivity contribution in [1.29, 1.82) is 0 Å². The highest BCUT2D eigenvalue weighted by atomic mass is 32.1. The summed E-state index contributed by atoms with van der Waals surface area (Å²) >= 11 is 1.91. The second-order valence-electron chi connectivity index (χ2n) is 6.60. The summed E-state index contributed by atoms with van der Waals surface area (Å²) in [7, 11) is 0. The average Bonchev–Trinajstić information content (AvgIpc) is 3.17. The Hall–Kier alpha value is -2.64. The maximum atomic E-state index is 2.43. The zero-order valence-electron chi connectivity index (χ0n) is 13.0. The Kier molecular flexibility index (Phi) is 2.37. The van der Waals surface area contributed by atoms with Gasteiger partial charge in [0.15, 0.2) is 0 Å². The third-order valence-corrected chi connectivity index (χ3v) is 6.40. The largest absolute Gasteiger partial charge is 0.135 e. The summed E-state index contributed by atoms with van der Waals surface area (Å²) in [5.41, 5.74) is 5.81.